The van der Waals surface area contributed by atoms with Gasteiger partial charge in [0.2, 0.25) is 5.91 Å². The molecule has 0 aliphatic carbocycles. The highest BCUT2D eigenvalue weighted by Gasteiger charge is 2.18. The Morgan fingerprint density at radius 1 is 1.47 bits per heavy atom. The second kappa shape index (κ2) is 7.79. The molecule has 0 heterocycles. The molecule has 0 aliphatic heterocycles. The molecule has 4 nitrogen and oxygen atoms in total. The first-order chi connectivity index (χ1) is 9.08. The van der Waals surface area contributed by atoms with Crippen LogP contribution in [0.2, 0.25) is 0 Å². The van der Waals surface area contributed by atoms with Crippen LogP contribution in [-0.2, 0) is 11.2 Å². The minimum absolute atomic E-state index is 0.0720. The number of hydrogen-bond acceptors (Lipinski definition) is 3. The third kappa shape index (κ3) is 4.91. The summed E-state index contributed by atoms with van der Waals surface area (Å²) in [6.45, 7) is 4.62. The van der Waals surface area contributed by atoms with Crippen LogP contribution < -0.4 is 15.8 Å². The molecule has 2 atom stereocenters. The lowest BCUT2D eigenvalue weighted by atomic mass is 9.99. The lowest BCUT2D eigenvalue weighted by molar-refractivity contribution is -0.123. The fourth-order valence-corrected chi connectivity index (χ4v) is 1.79. The summed E-state index contributed by atoms with van der Waals surface area (Å²) < 4.78 is 5.16. The third-order valence-electron chi connectivity index (χ3n) is 3.41. The van der Waals surface area contributed by atoms with Gasteiger partial charge in [0.25, 0.3) is 0 Å². The van der Waals surface area contributed by atoms with Crippen molar-refractivity contribution in [3.8, 4) is 5.75 Å². The monoisotopic (exact) mass is 264 g/mol. The highest BCUT2D eigenvalue weighted by atomic mass is 16.5. The molecule has 2 unspecified atom stereocenters. The number of ether oxygens (including phenoxy) is 1. The predicted molar refractivity (Wildman–Crippen MR) is 77.1 cm³/mol. The quantitative estimate of drug-likeness (QED) is 0.788. The Labute approximate surface area is 115 Å². The SMILES string of the molecule is CCC(C)C(N)C(=O)NCCc1cccc(OC)c1. The van der Waals surface area contributed by atoms with Gasteiger partial charge in [-0.15, -0.1) is 0 Å². The van der Waals surface area contributed by atoms with Gasteiger partial charge in [0.15, 0.2) is 0 Å². The van der Waals surface area contributed by atoms with Crippen LogP contribution in [0.25, 0.3) is 0 Å². The van der Waals surface area contributed by atoms with Crippen molar-refractivity contribution in [2.45, 2.75) is 32.7 Å². The van der Waals surface area contributed by atoms with Crippen molar-refractivity contribution in [3.05, 3.63) is 29.8 Å². The van der Waals surface area contributed by atoms with E-state index in [9.17, 15) is 4.79 Å². The molecule has 1 rings (SSSR count). The normalized spacial score (nSPS) is 13.7. The molecule has 0 fully saturated rings. The van der Waals surface area contributed by atoms with Crippen molar-refractivity contribution in [2.24, 2.45) is 11.7 Å². The molecule has 3 N–H and O–H groups in total. The number of hydrogen-bond donors (Lipinski definition) is 2. The molecule has 4 heteroatoms. The van der Waals surface area contributed by atoms with Crippen molar-refractivity contribution in [1.82, 2.24) is 5.32 Å². The number of benzene rings is 1. The first kappa shape index (κ1) is 15.5. The summed E-state index contributed by atoms with van der Waals surface area (Å²) in [7, 11) is 1.64. The topological polar surface area (TPSA) is 64.4 Å². The maximum atomic E-state index is 11.8. The molecule has 0 saturated carbocycles. The molecule has 0 spiro atoms. The molecule has 106 valence electrons. The average Bonchev–Trinajstić information content (AvgIpc) is 2.45. The summed E-state index contributed by atoms with van der Waals surface area (Å²) in [4.78, 5) is 11.8. The maximum absolute atomic E-state index is 11.8. The van der Waals surface area contributed by atoms with Crippen molar-refractivity contribution >= 4 is 5.91 Å². The van der Waals surface area contributed by atoms with Crippen molar-refractivity contribution in [3.63, 3.8) is 0 Å². The number of nitrogens with two attached hydrogens (primary N) is 1. The van der Waals surface area contributed by atoms with E-state index in [1.165, 1.54) is 0 Å². The summed E-state index contributed by atoms with van der Waals surface area (Å²) in [6.07, 6.45) is 1.68. The average molecular weight is 264 g/mol. The zero-order valence-electron chi connectivity index (χ0n) is 12.0. The molecule has 19 heavy (non-hydrogen) atoms. The largest absolute Gasteiger partial charge is 0.497 e. The Balaban J connectivity index is 2.39. The van der Waals surface area contributed by atoms with Gasteiger partial charge in [-0.1, -0.05) is 32.4 Å². The number of nitrogens with one attached hydrogen (secondary N) is 1. The minimum atomic E-state index is -0.421. The van der Waals surface area contributed by atoms with Crippen LogP contribution in [0.4, 0.5) is 0 Å². The van der Waals surface area contributed by atoms with Gasteiger partial charge in [0.05, 0.1) is 13.2 Å². The first-order valence-electron chi connectivity index (χ1n) is 6.74. The number of carbonyl (C=O) groups is 1. The molecule has 1 aromatic rings. The number of methoxy groups -OCH3 is 1. The fraction of sp³-hybridized carbons (Fsp3) is 0.533. The third-order valence-corrected chi connectivity index (χ3v) is 3.41. The molecular weight excluding hydrogens is 240 g/mol. The van der Waals surface area contributed by atoms with Crippen molar-refractivity contribution < 1.29 is 9.53 Å². The van der Waals surface area contributed by atoms with E-state index in [4.69, 9.17) is 10.5 Å². The summed E-state index contributed by atoms with van der Waals surface area (Å²) in [5, 5.41) is 2.88. The number of amides is 1. The van der Waals surface area contributed by atoms with E-state index in [0.717, 1.165) is 24.2 Å². The Hall–Kier alpha value is -1.55. The molecule has 0 bridgehead atoms. The number of rotatable bonds is 7. The Morgan fingerprint density at radius 2 is 2.21 bits per heavy atom. The van der Waals surface area contributed by atoms with Crippen molar-refractivity contribution in [2.75, 3.05) is 13.7 Å². The second-order valence-corrected chi connectivity index (χ2v) is 4.80. The van der Waals surface area contributed by atoms with Crippen LogP contribution >= 0.6 is 0 Å². The van der Waals surface area contributed by atoms with Gasteiger partial charge in [-0.3, -0.25) is 4.79 Å². The van der Waals surface area contributed by atoms with E-state index in [2.05, 4.69) is 5.32 Å². The van der Waals surface area contributed by atoms with E-state index >= 15 is 0 Å². The summed E-state index contributed by atoms with van der Waals surface area (Å²) in [6, 6.07) is 7.42. The lowest BCUT2D eigenvalue weighted by Gasteiger charge is -2.17. The predicted octanol–water partition coefficient (Wildman–Crippen LogP) is 1.73. The molecule has 0 aliphatic rings. The molecule has 0 radical (unpaired) electrons. The maximum Gasteiger partial charge on any atom is 0.237 e. The van der Waals surface area contributed by atoms with Crippen LogP contribution in [0.5, 0.6) is 5.75 Å². The summed E-state index contributed by atoms with van der Waals surface area (Å²) in [5.74, 6) is 0.967. The Bertz CT molecular complexity index is 407. The first-order valence-corrected chi connectivity index (χ1v) is 6.74. The zero-order valence-corrected chi connectivity index (χ0v) is 12.0. The van der Waals surface area contributed by atoms with E-state index in [1.54, 1.807) is 7.11 Å². The second-order valence-electron chi connectivity index (χ2n) is 4.80. The van der Waals surface area contributed by atoms with E-state index < -0.39 is 6.04 Å². The van der Waals surface area contributed by atoms with Crippen LogP contribution in [0, 0.1) is 5.92 Å². The van der Waals surface area contributed by atoms with E-state index in [-0.39, 0.29) is 11.8 Å². The summed E-state index contributed by atoms with van der Waals surface area (Å²) >= 11 is 0. The van der Waals surface area contributed by atoms with Crippen LogP contribution in [0.3, 0.4) is 0 Å². The lowest BCUT2D eigenvalue weighted by Crippen LogP contribution is -2.45. The summed E-state index contributed by atoms with van der Waals surface area (Å²) in [5.41, 5.74) is 7.00. The van der Waals surface area contributed by atoms with Gasteiger partial charge in [0, 0.05) is 6.54 Å². The van der Waals surface area contributed by atoms with Gasteiger partial charge in [-0.05, 0) is 30.0 Å². The smallest absolute Gasteiger partial charge is 0.237 e. The Morgan fingerprint density at radius 3 is 2.84 bits per heavy atom. The van der Waals surface area contributed by atoms with Crippen LogP contribution in [0.1, 0.15) is 25.8 Å². The van der Waals surface area contributed by atoms with Crippen LogP contribution in [0.15, 0.2) is 24.3 Å². The van der Waals surface area contributed by atoms with Crippen LogP contribution in [-0.4, -0.2) is 25.6 Å². The van der Waals surface area contributed by atoms with Crippen molar-refractivity contribution in [1.29, 1.82) is 0 Å². The van der Waals surface area contributed by atoms with Gasteiger partial charge >= 0.3 is 0 Å². The zero-order chi connectivity index (χ0) is 14.3. The van der Waals surface area contributed by atoms with Gasteiger partial charge in [-0.2, -0.15) is 0 Å². The highest BCUT2D eigenvalue weighted by Crippen LogP contribution is 2.12. The Kier molecular flexibility index (Phi) is 6.36. The molecular formula is C15H24N2O2. The van der Waals surface area contributed by atoms with E-state index in [1.807, 2.05) is 38.1 Å². The van der Waals surface area contributed by atoms with E-state index in [0.29, 0.717) is 6.54 Å². The molecule has 0 saturated heterocycles. The van der Waals surface area contributed by atoms with Gasteiger partial charge in [0.1, 0.15) is 5.75 Å². The number of carbonyl (C=O) groups excluding carboxylic acids is 1. The highest BCUT2D eigenvalue weighted by molar-refractivity contribution is 5.81. The molecule has 0 aromatic heterocycles. The standard InChI is InChI=1S/C15H24N2O2/c1-4-11(2)14(16)15(18)17-9-8-12-6-5-7-13(10-12)19-3/h5-7,10-11,14H,4,8-9,16H2,1-3H3,(H,17,18). The fourth-order valence-electron chi connectivity index (χ4n) is 1.79. The molecule has 1 aromatic carbocycles. The minimum Gasteiger partial charge on any atom is -0.497 e. The van der Waals surface area contributed by atoms with Gasteiger partial charge < -0.3 is 15.8 Å². The molecule has 1 amide bonds. The van der Waals surface area contributed by atoms with Gasteiger partial charge in [-0.25, -0.2) is 0 Å².